The first-order valence-corrected chi connectivity index (χ1v) is 5.32. The molecule has 0 heterocycles. The van der Waals surface area contributed by atoms with Gasteiger partial charge in [-0.05, 0) is 32.6 Å². The Morgan fingerprint density at radius 3 is 1.79 bits per heavy atom. The van der Waals surface area contributed by atoms with Crippen LogP contribution < -0.4 is 0 Å². The summed E-state index contributed by atoms with van der Waals surface area (Å²) in [5, 5.41) is 0. The van der Waals surface area contributed by atoms with E-state index < -0.39 is 0 Å². The third kappa shape index (κ3) is 11.2. The van der Waals surface area contributed by atoms with Gasteiger partial charge in [0.15, 0.2) is 0 Å². The molecule has 14 heavy (non-hydrogen) atoms. The molecular weight excluding hydrogens is 172 g/mol. The standard InChI is InChI=1S/C13H22O/c1-3-4-5-6-7-8-9-10-11-12-13-14-2/h3-4,7-8,11-12H,5-6,9-10,13H2,1-2H3. The smallest absolute Gasteiger partial charge is 0.0643 e. The van der Waals surface area contributed by atoms with Crippen LogP contribution in [0.15, 0.2) is 36.5 Å². The third-order valence-corrected chi connectivity index (χ3v) is 1.83. The maximum Gasteiger partial charge on any atom is 0.0643 e. The van der Waals surface area contributed by atoms with Gasteiger partial charge in [-0.3, -0.25) is 0 Å². The van der Waals surface area contributed by atoms with Crippen molar-refractivity contribution in [2.75, 3.05) is 13.7 Å². The fourth-order valence-corrected chi connectivity index (χ4v) is 1.07. The molecule has 0 radical (unpaired) electrons. The van der Waals surface area contributed by atoms with Crippen LogP contribution in [0.5, 0.6) is 0 Å². The zero-order chi connectivity index (χ0) is 10.5. The fraction of sp³-hybridized carbons (Fsp3) is 0.538. The van der Waals surface area contributed by atoms with Crippen LogP contribution in [0.3, 0.4) is 0 Å². The lowest BCUT2D eigenvalue weighted by Crippen LogP contribution is -1.79. The van der Waals surface area contributed by atoms with E-state index in [1.54, 1.807) is 7.11 Å². The summed E-state index contributed by atoms with van der Waals surface area (Å²) >= 11 is 0. The van der Waals surface area contributed by atoms with Gasteiger partial charge in [0.05, 0.1) is 6.61 Å². The van der Waals surface area contributed by atoms with E-state index in [9.17, 15) is 0 Å². The Balaban J connectivity index is 3.18. The van der Waals surface area contributed by atoms with Crippen LogP contribution in [0.2, 0.25) is 0 Å². The number of hydrogen-bond acceptors (Lipinski definition) is 1. The summed E-state index contributed by atoms with van der Waals surface area (Å²) in [5.74, 6) is 0. The summed E-state index contributed by atoms with van der Waals surface area (Å²) in [5.41, 5.74) is 0. The summed E-state index contributed by atoms with van der Waals surface area (Å²) in [6.07, 6.45) is 17.6. The summed E-state index contributed by atoms with van der Waals surface area (Å²) in [7, 11) is 1.71. The SMILES string of the molecule is CC=CCCC=CCCC=CCOC. The summed E-state index contributed by atoms with van der Waals surface area (Å²) < 4.78 is 4.90. The molecular formula is C13H22O. The van der Waals surface area contributed by atoms with E-state index >= 15 is 0 Å². The number of methoxy groups -OCH3 is 1. The molecule has 0 aliphatic carbocycles. The van der Waals surface area contributed by atoms with Gasteiger partial charge in [0.25, 0.3) is 0 Å². The van der Waals surface area contributed by atoms with E-state index in [1.165, 1.54) is 0 Å². The predicted molar refractivity (Wildman–Crippen MR) is 63.4 cm³/mol. The molecule has 1 heteroatoms. The average Bonchev–Trinajstić information content (AvgIpc) is 2.21. The highest BCUT2D eigenvalue weighted by Crippen LogP contribution is 1.97. The Hall–Kier alpha value is -0.820. The van der Waals surface area contributed by atoms with Crippen molar-refractivity contribution in [1.29, 1.82) is 0 Å². The van der Waals surface area contributed by atoms with Crippen LogP contribution in [0.1, 0.15) is 32.6 Å². The minimum Gasteiger partial charge on any atom is -0.381 e. The number of unbranched alkanes of at least 4 members (excludes halogenated alkanes) is 2. The van der Waals surface area contributed by atoms with Crippen molar-refractivity contribution in [2.24, 2.45) is 0 Å². The normalized spacial score (nSPS) is 12.4. The van der Waals surface area contributed by atoms with E-state index in [2.05, 4.69) is 43.4 Å². The lowest BCUT2D eigenvalue weighted by molar-refractivity contribution is 0.233. The fourth-order valence-electron chi connectivity index (χ4n) is 1.07. The molecule has 0 aliphatic rings. The number of hydrogen-bond donors (Lipinski definition) is 0. The molecule has 0 aromatic heterocycles. The van der Waals surface area contributed by atoms with E-state index in [0.29, 0.717) is 0 Å². The van der Waals surface area contributed by atoms with Crippen molar-refractivity contribution < 1.29 is 4.74 Å². The Morgan fingerprint density at radius 2 is 1.29 bits per heavy atom. The highest BCUT2D eigenvalue weighted by molar-refractivity contribution is 4.89. The van der Waals surface area contributed by atoms with Crippen LogP contribution in [0.4, 0.5) is 0 Å². The lowest BCUT2D eigenvalue weighted by Gasteiger charge is -1.89. The van der Waals surface area contributed by atoms with Crippen LogP contribution in [-0.4, -0.2) is 13.7 Å². The maximum atomic E-state index is 4.90. The van der Waals surface area contributed by atoms with E-state index in [-0.39, 0.29) is 0 Å². The first kappa shape index (κ1) is 13.2. The second-order valence-corrected chi connectivity index (χ2v) is 3.12. The van der Waals surface area contributed by atoms with Crippen molar-refractivity contribution in [2.45, 2.75) is 32.6 Å². The minimum atomic E-state index is 0.727. The van der Waals surface area contributed by atoms with Gasteiger partial charge in [0.2, 0.25) is 0 Å². The molecule has 0 atom stereocenters. The molecule has 0 bridgehead atoms. The third-order valence-electron chi connectivity index (χ3n) is 1.83. The molecule has 0 fully saturated rings. The highest BCUT2D eigenvalue weighted by Gasteiger charge is 1.78. The molecule has 0 aromatic carbocycles. The zero-order valence-corrected chi connectivity index (χ0v) is 9.41. The van der Waals surface area contributed by atoms with Crippen molar-refractivity contribution >= 4 is 0 Å². The Labute approximate surface area is 88.2 Å². The van der Waals surface area contributed by atoms with Gasteiger partial charge >= 0.3 is 0 Å². The molecule has 0 unspecified atom stereocenters. The zero-order valence-electron chi connectivity index (χ0n) is 9.41. The molecule has 1 nitrogen and oxygen atoms in total. The summed E-state index contributed by atoms with van der Waals surface area (Å²) in [4.78, 5) is 0. The topological polar surface area (TPSA) is 9.23 Å². The van der Waals surface area contributed by atoms with Crippen LogP contribution in [0.25, 0.3) is 0 Å². The lowest BCUT2D eigenvalue weighted by atomic mass is 10.2. The first-order valence-electron chi connectivity index (χ1n) is 5.32. The molecule has 0 N–H and O–H groups in total. The van der Waals surface area contributed by atoms with Crippen LogP contribution in [0, 0.1) is 0 Å². The van der Waals surface area contributed by atoms with Crippen molar-refractivity contribution in [3.05, 3.63) is 36.5 Å². The first-order chi connectivity index (χ1) is 6.91. The monoisotopic (exact) mass is 194 g/mol. The molecule has 0 aromatic rings. The van der Waals surface area contributed by atoms with E-state index in [4.69, 9.17) is 4.74 Å². The minimum absolute atomic E-state index is 0.727. The molecule has 0 saturated heterocycles. The van der Waals surface area contributed by atoms with Gasteiger partial charge in [-0.25, -0.2) is 0 Å². The van der Waals surface area contributed by atoms with E-state index in [1.807, 2.05) is 0 Å². The molecule has 0 saturated carbocycles. The van der Waals surface area contributed by atoms with Crippen LogP contribution in [-0.2, 0) is 4.74 Å². The summed E-state index contributed by atoms with van der Waals surface area (Å²) in [6.45, 7) is 2.79. The van der Waals surface area contributed by atoms with Gasteiger partial charge < -0.3 is 4.74 Å². The highest BCUT2D eigenvalue weighted by atomic mass is 16.5. The van der Waals surface area contributed by atoms with Crippen LogP contribution >= 0.6 is 0 Å². The quantitative estimate of drug-likeness (QED) is 0.421. The largest absolute Gasteiger partial charge is 0.381 e. The second kappa shape index (κ2) is 12.2. The second-order valence-electron chi connectivity index (χ2n) is 3.12. The Bertz CT molecular complexity index is 178. The number of allylic oxidation sites excluding steroid dienone is 5. The van der Waals surface area contributed by atoms with Gasteiger partial charge in [-0.2, -0.15) is 0 Å². The maximum absolute atomic E-state index is 4.90. The molecule has 0 aliphatic heterocycles. The average molecular weight is 194 g/mol. The predicted octanol–water partition coefficient (Wildman–Crippen LogP) is 3.88. The molecule has 0 spiro atoms. The Kier molecular flexibility index (Phi) is 11.5. The molecule has 0 amide bonds. The molecule has 0 rings (SSSR count). The van der Waals surface area contributed by atoms with E-state index in [0.717, 1.165) is 32.3 Å². The summed E-state index contributed by atoms with van der Waals surface area (Å²) in [6, 6.07) is 0. The van der Waals surface area contributed by atoms with Crippen molar-refractivity contribution in [1.82, 2.24) is 0 Å². The van der Waals surface area contributed by atoms with Gasteiger partial charge in [0, 0.05) is 7.11 Å². The van der Waals surface area contributed by atoms with Crippen molar-refractivity contribution in [3.63, 3.8) is 0 Å². The Morgan fingerprint density at radius 1 is 0.786 bits per heavy atom. The number of ether oxygens (including phenoxy) is 1. The molecule has 80 valence electrons. The van der Waals surface area contributed by atoms with Gasteiger partial charge in [0.1, 0.15) is 0 Å². The number of rotatable bonds is 8. The van der Waals surface area contributed by atoms with Gasteiger partial charge in [-0.15, -0.1) is 0 Å². The van der Waals surface area contributed by atoms with Crippen molar-refractivity contribution in [3.8, 4) is 0 Å². The van der Waals surface area contributed by atoms with Gasteiger partial charge in [-0.1, -0.05) is 36.5 Å².